The van der Waals surface area contributed by atoms with Crippen LogP contribution in [0.15, 0.2) is 0 Å². The highest BCUT2D eigenvalue weighted by molar-refractivity contribution is 7.98. The Morgan fingerprint density at radius 1 is 1.75 bits per heavy atom. The second-order valence-electron chi connectivity index (χ2n) is 2.30. The number of aliphatic hydroxyl groups excluding tert-OH is 1. The Balaban J connectivity index is 2.18. The number of hydrogen-bond acceptors (Lipinski definition) is 4. The van der Waals surface area contributed by atoms with Gasteiger partial charge in [-0.25, -0.2) is 0 Å². The molecule has 1 heterocycles. The molecule has 1 saturated carbocycles. The number of aliphatic hydroxyl groups is 2. The smallest absolute Gasteiger partial charge is 0.121 e. The van der Waals surface area contributed by atoms with Gasteiger partial charge < -0.3 is 10.2 Å². The van der Waals surface area contributed by atoms with E-state index in [1.807, 2.05) is 0 Å². The molecule has 2 aliphatic rings. The summed E-state index contributed by atoms with van der Waals surface area (Å²) in [5.74, 6) is 0. The van der Waals surface area contributed by atoms with Gasteiger partial charge in [0.05, 0.1) is 5.25 Å². The zero-order chi connectivity index (χ0) is 5.78. The molecule has 8 heavy (non-hydrogen) atoms. The maximum atomic E-state index is 9.20. The topological polar surface area (TPSA) is 52.5 Å². The highest BCUT2D eigenvalue weighted by Gasteiger charge is 2.67. The quantitative estimate of drug-likeness (QED) is 0.360. The van der Waals surface area contributed by atoms with Crippen LogP contribution in [0.2, 0.25) is 0 Å². The molecule has 4 heteroatoms. The van der Waals surface area contributed by atoms with Crippen molar-refractivity contribution in [3.63, 3.8) is 0 Å². The zero-order valence-electron chi connectivity index (χ0n) is 4.16. The van der Waals surface area contributed by atoms with E-state index in [0.717, 1.165) is 0 Å². The number of nitrogens with one attached hydrogen (secondary N) is 1. The fourth-order valence-corrected chi connectivity index (χ4v) is 2.20. The van der Waals surface area contributed by atoms with Crippen LogP contribution in [0.1, 0.15) is 0 Å². The largest absolute Gasteiger partial charge is 0.389 e. The van der Waals surface area contributed by atoms with Gasteiger partial charge >= 0.3 is 0 Å². The van der Waals surface area contributed by atoms with Gasteiger partial charge in [-0.15, -0.1) is 0 Å². The summed E-state index contributed by atoms with van der Waals surface area (Å²) in [6.45, 7) is 0.531. The fourth-order valence-electron chi connectivity index (χ4n) is 0.992. The summed E-state index contributed by atoms with van der Waals surface area (Å²) in [4.78, 5) is 0. The Kier molecular flexibility index (Phi) is 0.764. The molecule has 2 fully saturated rings. The third kappa shape index (κ3) is 0.378. The molecule has 0 aromatic heterocycles. The molecule has 1 aliphatic carbocycles. The van der Waals surface area contributed by atoms with Gasteiger partial charge in [0.1, 0.15) is 11.7 Å². The molecule has 0 radical (unpaired) electrons. The van der Waals surface area contributed by atoms with Crippen LogP contribution >= 0.6 is 11.9 Å². The lowest BCUT2D eigenvalue weighted by molar-refractivity contribution is 0.0929. The molecule has 3 nitrogen and oxygen atoms in total. The van der Waals surface area contributed by atoms with Crippen LogP contribution in [0.5, 0.6) is 0 Å². The third-order valence-corrected chi connectivity index (χ3v) is 2.98. The van der Waals surface area contributed by atoms with Gasteiger partial charge in [-0.2, -0.15) is 0 Å². The summed E-state index contributed by atoms with van der Waals surface area (Å²) in [5, 5.41) is 18.1. The van der Waals surface area contributed by atoms with Crippen molar-refractivity contribution < 1.29 is 10.2 Å². The minimum atomic E-state index is -0.773. The molecule has 3 unspecified atom stereocenters. The Labute approximate surface area is 51.2 Å². The molecule has 3 atom stereocenters. The summed E-state index contributed by atoms with van der Waals surface area (Å²) >= 11 is 1.43. The predicted molar refractivity (Wildman–Crippen MR) is 30.3 cm³/mol. The molecular weight excluding hydrogens is 126 g/mol. The highest BCUT2D eigenvalue weighted by Crippen LogP contribution is 2.48. The Morgan fingerprint density at radius 2 is 2.50 bits per heavy atom. The van der Waals surface area contributed by atoms with E-state index in [1.54, 1.807) is 0 Å². The fraction of sp³-hybridized carbons (Fsp3) is 1.00. The van der Waals surface area contributed by atoms with Gasteiger partial charge in [-0.1, -0.05) is 11.9 Å². The average Bonchev–Trinajstić information content (AvgIpc) is 2.23. The second-order valence-corrected chi connectivity index (χ2v) is 3.33. The van der Waals surface area contributed by atoms with E-state index in [4.69, 9.17) is 5.11 Å². The molecule has 2 rings (SSSR count). The molecular formula is C4H7NO2S. The van der Waals surface area contributed by atoms with Crippen LogP contribution in [0.3, 0.4) is 0 Å². The van der Waals surface area contributed by atoms with Gasteiger partial charge in [-0.3, -0.25) is 4.72 Å². The van der Waals surface area contributed by atoms with Crippen LogP contribution in [-0.4, -0.2) is 33.7 Å². The van der Waals surface area contributed by atoms with Gasteiger partial charge in [-0.05, 0) is 0 Å². The zero-order valence-corrected chi connectivity index (χ0v) is 4.98. The molecule has 3 N–H and O–H groups in total. The summed E-state index contributed by atoms with van der Waals surface area (Å²) in [7, 11) is 0. The van der Waals surface area contributed by atoms with Gasteiger partial charge in [0.15, 0.2) is 0 Å². The number of β-amino-alcohol motifs (C(OH)–C–C–N with tert-alkyl or cyclic N) is 1. The molecule has 0 aromatic carbocycles. The highest BCUT2D eigenvalue weighted by atomic mass is 32.2. The Bertz CT molecular complexity index is 131. The number of rotatable bonds is 0. The van der Waals surface area contributed by atoms with E-state index >= 15 is 0 Å². The SMILES string of the molecule is OC1C2SNCC12O. The van der Waals surface area contributed by atoms with Crippen molar-refractivity contribution in [3.05, 3.63) is 0 Å². The van der Waals surface area contributed by atoms with Gasteiger partial charge in [0, 0.05) is 6.54 Å². The van der Waals surface area contributed by atoms with E-state index < -0.39 is 11.7 Å². The first-order valence-electron chi connectivity index (χ1n) is 2.54. The summed E-state index contributed by atoms with van der Waals surface area (Å²) < 4.78 is 2.90. The maximum Gasteiger partial charge on any atom is 0.121 e. The van der Waals surface area contributed by atoms with Crippen LogP contribution in [0, 0.1) is 0 Å². The lowest BCUT2D eigenvalue weighted by atomic mass is 10.3. The summed E-state index contributed by atoms with van der Waals surface area (Å²) in [6, 6.07) is 0. The van der Waals surface area contributed by atoms with Crippen molar-refractivity contribution >= 4 is 11.9 Å². The van der Waals surface area contributed by atoms with Crippen molar-refractivity contribution in [2.75, 3.05) is 6.54 Å². The standard InChI is InChI=1S/C4H7NO2S/c6-2-3-4(2,7)1-5-8-3/h2-3,5-7H,1H2. The molecule has 0 amide bonds. The minimum Gasteiger partial charge on any atom is -0.389 e. The van der Waals surface area contributed by atoms with Gasteiger partial charge in [0.25, 0.3) is 0 Å². The first-order chi connectivity index (χ1) is 3.75. The molecule has 0 aromatic rings. The van der Waals surface area contributed by atoms with Crippen molar-refractivity contribution in [2.45, 2.75) is 17.0 Å². The number of fused-ring (bicyclic) bond motifs is 1. The number of hydrogen-bond donors (Lipinski definition) is 3. The van der Waals surface area contributed by atoms with E-state index in [-0.39, 0.29) is 5.25 Å². The monoisotopic (exact) mass is 133 g/mol. The van der Waals surface area contributed by atoms with E-state index in [9.17, 15) is 5.11 Å². The summed E-state index contributed by atoms with van der Waals surface area (Å²) in [5.41, 5.74) is -0.773. The van der Waals surface area contributed by atoms with Crippen molar-refractivity contribution in [1.82, 2.24) is 4.72 Å². The van der Waals surface area contributed by atoms with Crippen molar-refractivity contribution in [3.8, 4) is 0 Å². The van der Waals surface area contributed by atoms with E-state index in [1.165, 1.54) is 11.9 Å². The molecule has 1 saturated heterocycles. The molecule has 1 aliphatic heterocycles. The third-order valence-electron chi connectivity index (χ3n) is 1.75. The van der Waals surface area contributed by atoms with Crippen LogP contribution in [-0.2, 0) is 0 Å². The first-order valence-corrected chi connectivity index (χ1v) is 3.42. The Morgan fingerprint density at radius 3 is 2.75 bits per heavy atom. The maximum absolute atomic E-state index is 9.20. The van der Waals surface area contributed by atoms with Crippen LogP contribution < -0.4 is 4.72 Å². The Hall–Kier alpha value is 0.230. The van der Waals surface area contributed by atoms with Crippen LogP contribution in [0.25, 0.3) is 0 Å². The second kappa shape index (κ2) is 1.21. The van der Waals surface area contributed by atoms with E-state index in [0.29, 0.717) is 6.54 Å². The van der Waals surface area contributed by atoms with Crippen molar-refractivity contribution in [1.29, 1.82) is 0 Å². The molecule has 46 valence electrons. The molecule has 0 spiro atoms. The van der Waals surface area contributed by atoms with Crippen LogP contribution in [0.4, 0.5) is 0 Å². The average molecular weight is 133 g/mol. The predicted octanol–water partition coefficient (Wildman–Crippen LogP) is -1.29. The minimum absolute atomic E-state index is 0.0440. The lowest BCUT2D eigenvalue weighted by Crippen LogP contribution is -2.23. The molecule has 0 bridgehead atoms. The summed E-state index contributed by atoms with van der Waals surface area (Å²) in [6.07, 6.45) is -0.478. The lowest BCUT2D eigenvalue weighted by Gasteiger charge is -2.00. The van der Waals surface area contributed by atoms with E-state index in [2.05, 4.69) is 4.72 Å². The van der Waals surface area contributed by atoms with Crippen molar-refractivity contribution in [2.24, 2.45) is 0 Å². The van der Waals surface area contributed by atoms with Gasteiger partial charge in [0.2, 0.25) is 0 Å². The first kappa shape index (κ1) is 5.05. The normalized spacial score (nSPS) is 60.8.